The van der Waals surface area contributed by atoms with Gasteiger partial charge in [0.2, 0.25) is 5.91 Å². The van der Waals surface area contributed by atoms with Crippen molar-refractivity contribution >= 4 is 29.3 Å². The Morgan fingerprint density at radius 2 is 1.75 bits per heavy atom. The van der Waals surface area contributed by atoms with Crippen molar-refractivity contribution < 1.29 is 4.79 Å². The Kier molecular flexibility index (Phi) is 8.01. The van der Waals surface area contributed by atoms with E-state index in [0.29, 0.717) is 26.1 Å². The average molecular weight is 355 g/mol. The summed E-state index contributed by atoms with van der Waals surface area (Å²) in [6, 6.07) is 7.77. The number of benzene rings is 1. The summed E-state index contributed by atoms with van der Waals surface area (Å²) in [6.45, 7) is 4.60. The van der Waals surface area contributed by atoms with Crippen LogP contribution in [0, 0.1) is 0 Å². The molecule has 0 saturated heterocycles. The van der Waals surface area contributed by atoms with Crippen LogP contribution in [-0.4, -0.2) is 47.1 Å². The van der Waals surface area contributed by atoms with E-state index in [1.54, 1.807) is 21.1 Å². The van der Waals surface area contributed by atoms with Gasteiger partial charge >= 0.3 is 5.69 Å². The highest BCUT2D eigenvalue weighted by Crippen LogP contribution is 2.13. The molecule has 0 aliphatic carbocycles. The van der Waals surface area contributed by atoms with Gasteiger partial charge in [-0.2, -0.15) is 0 Å². The van der Waals surface area contributed by atoms with E-state index < -0.39 is 0 Å². The zero-order chi connectivity index (χ0) is 16.8. The second kappa shape index (κ2) is 9.49. The van der Waals surface area contributed by atoms with Crippen molar-refractivity contribution in [1.82, 2.24) is 19.4 Å². The minimum atomic E-state index is -0.0290. The molecule has 24 heavy (non-hydrogen) atoms. The van der Waals surface area contributed by atoms with Crippen molar-refractivity contribution in [2.24, 2.45) is 0 Å². The van der Waals surface area contributed by atoms with Crippen LogP contribution in [0.1, 0.15) is 19.8 Å². The number of carbonyl (C=O) groups excluding carboxylic acids is 1. The molecule has 0 bridgehead atoms. The fraction of sp³-hybridized carbons (Fsp3) is 0.529. The molecular formula is C17H27ClN4O2. The maximum absolute atomic E-state index is 12.6. The first-order chi connectivity index (χ1) is 11.1. The Hall–Kier alpha value is -1.79. The minimum Gasteiger partial charge on any atom is -0.344 e. The van der Waals surface area contributed by atoms with Crippen molar-refractivity contribution in [3.63, 3.8) is 0 Å². The van der Waals surface area contributed by atoms with Crippen LogP contribution in [0.5, 0.6) is 0 Å². The summed E-state index contributed by atoms with van der Waals surface area (Å²) in [4.78, 5) is 26.5. The molecule has 0 saturated carbocycles. The number of imidazole rings is 1. The summed E-state index contributed by atoms with van der Waals surface area (Å²) in [6.07, 6.45) is 1.24. The normalized spacial score (nSPS) is 10.6. The van der Waals surface area contributed by atoms with Gasteiger partial charge in [-0.15, -0.1) is 12.4 Å². The van der Waals surface area contributed by atoms with Gasteiger partial charge in [0.1, 0.15) is 0 Å². The molecule has 0 unspecified atom stereocenters. The van der Waals surface area contributed by atoms with Gasteiger partial charge in [0.15, 0.2) is 0 Å². The van der Waals surface area contributed by atoms with Crippen LogP contribution in [0.2, 0.25) is 0 Å². The maximum atomic E-state index is 12.6. The fourth-order valence-corrected chi connectivity index (χ4v) is 2.73. The highest BCUT2D eigenvalue weighted by Gasteiger charge is 2.14. The van der Waals surface area contributed by atoms with Gasteiger partial charge in [0, 0.05) is 39.6 Å². The van der Waals surface area contributed by atoms with Crippen LogP contribution in [0.3, 0.4) is 0 Å². The number of aryl methyl sites for hydroxylation is 2. The summed E-state index contributed by atoms with van der Waals surface area (Å²) >= 11 is 0. The number of para-hydroxylation sites is 2. The third kappa shape index (κ3) is 4.39. The predicted molar refractivity (Wildman–Crippen MR) is 99.9 cm³/mol. The molecule has 2 aromatic rings. The Labute approximate surface area is 148 Å². The predicted octanol–water partition coefficient (Wildman–Crippen LogP) is 1.70. The zero-order valence-electron chi connectivity index (χ0n) is 14.6. The lowest BCUT2D eigenvalue weighted by molar-refractivity contribution is -0.130. The number of carbonyl (C=O) groups is 1. The van der Waals surface area contributed by atoms with E-state index in [-0.39, 0.29) is 24.0 Å². The van der Waals surface area contributed by atoms with E-state index in [2.05, 4.69) is 12.2 Å². The van der Waals surface area contributed by atoms with Gasteiger partial charge in [0.05, 0.1) is 11.0 Å². The smallest absolute Gasteiger partial charge is 0.329 e. The van der Waals surface area contributed by atoms with Crippen LogP contribution in [0.25, 0.3) is 11.0 Å². The van der Waals surface area contributed by atoms with E-state index in [4.69, 9.17) is 0 Å². The van der Waals surface area contributed by atoms with Crippen molar-refractivity contribution in [3.05, 3.63) is 34.7 Å². The van der Waals surface area contributed by atoms with Crippen LogP contribution in [0.15, 0.2) is 29.1 Å². The molecule has 7 heteroatoms. The molecule has 0 atom stereocenters. The molecule has 1 aromatic carbocycles. The number of hydrogen-bond donors (Lipinski definition) is 1. The Morgan fingerprint density at radius 1 is 1.17 bits per heavy atom. The van der Waals surface area contributed by atoms with Gasteiger partial charge < -0.3 is 10.2 Å². The molecule has 0 radical (unpaired) electrons. The molecule has 134 valence electrons. The first-order valence-corrected chi connectivity index (χ1v) is 8.16. The molecule has 1 heterocycles. The van der Waals surface area contributed by atoms with E-state index in [1.165, 1.54) is 0 Å². The summed E-state index contributed by atoms with van der Waals surface area (Å²) in [5.41, 5.74) is 1.81. The van der Waals surface area contributed by atoms with Gasteiger partial charge in [-0.1, -0.05) is 19.1 Å². The van der Waals surface area contributed by atoms with Crippen molar-refractivity contribution in [1.29, 1.82) is 0 Å². The van der Waals surface area contributed by atoms with Crippen molar-refractivity contribution in [2.45, 2.75) is 32.9 Å². The maximum Gasteiger partial charge on any atom is 0.329 e. The van der Waals surface area contributed by atoms with Crippen molar-refractivity contribution in [3.8, 4) is 0 Å². The lowest BCUT2D eigenvalue weighted by atomic mass is 10.3. The first-order valence-electron chi connectivity index (χ1n) is 8.16. The highest BCUT2D eigenvalue weighted by atomic mass is 35.5. The summed E-state index contributed by atoms with van der Waals surface area (Å²) in [5.74, 6) is 0.0551. The van der Waals surface area contributed by atoms with Gasteiger partial charge in [-0.05, 0) is 25.6 Å². The summed E-state index contributed by atoms with van der Waals surface area (Å²) in [5, 5.41) is 3.03. The molecule has 0 spiro atoms. The second-order valence-corrected chi connectivity index (χ2v) is 5.74. The number of amides is 1. The molecule has 0 fully saturated rings. The first kappa shape index (κ1) is 20.3. The Bertz CT molecular complexity index is 723. The lowest BCUT2D eigenvalue weighted by Crippen LogP contribution is -2.34. The molecule has 0 aliphatic heterocycles. The number of aromatic nitrogens is 2. The van der Waals surface area contributed by atoms with E-state index in [1.807, 2.05) is 31.3 Å². The number of nitrogens with zero attached hydrogens (tertiary/aromatic N) is 3. The average Bonchev–Trinajstić information content (AvgIpc) is 2.83. The van der Waals surface area contributed by atoms with Gasteiger partial charge in [-0.3, -0.25) is 13.9 Å². The molecular weight excluding hydrogens is 328 g/mol. The number of nitrogens with one attached hydrogen (secondary N) is 1. The Morgan fingerprint density at radius 3 is 2.29 bits per heavy atom. The molecule has 1 aromatic heterocycles. The van der Waals surface area contributed by atoms with Crippen LogP contribution in [-0.2, 0) is 17.9 Å². The number of rotatable bonds is 8. The topological polar surface area (TPSA) is 59.3 Å². The monoisotopic (exact) mass is 354 g/mol. The standard InChI is InChI=1S/C17H26N4O2.ClH/c1-4-11-20-14-7-5-6-8-15(14)21(17(20)23)12-9-16(22)19(3)13-10-18-2;/h5-8,18H,4,9-13H2,1-3H3;1H. The zero-order valence-corrected chi connectivity index (χ0v) is 15.4. The lowest BCUT2D eigenvalue weighted by Gasteiger charge is -2.16. The largest absolute Gasteiger partial charge is 0.344 e. The quantitative estimate of drug-likeness (QED) is 0.785. The third-order valence-electron chi connectivity index (χ3n) is 4.04. The van der Waals surface area contributed by atoms with E-state index in [0.717, 1.165) is 24.0 Å². The van der Waals surface area contributed by atoms with Gasteiger partial charge in [0.25, 0.3) is 0 Å². The fourth-order valence-electron chi connectivity index (χ4n) is 2.73. The number of halogens is 1. The second-order valence-electron chi connectivity index (χ2n) is 5.74. The molecule has 1 amide bonds. The summed E-state index contributed by atoms with van der Waals surface area (Å²) in [7, 11) is 3.66. The Balaban J connectivity index is 0.00000288. The van der Waals surface area contributed by atoms with E-state index >= 15 is 0 Å². The number of likely N-dealkylation sites (N-methyl/N-ethyl adjacent to an activating group) is 2. The minimum absolute atomic E-state index is 0. The SMILES string of the molecule is CCCn1c(=O)n(CCC(=O)N(C)CCNC)c2ccccc21.Cl. The van der Waals surface area contributed by atoms with Crippen LogP contribution < -0.4 is 11.0 Å². The van der Waals surface area contributed by atoms with E-state index in [9.17, 15) is 9.59 Å². The molecule has 1 N–H and O–H groups in total. The molecule has 2 rings (SSSR count). The van der Waals surface area contributed by atoms with Crippen LogP contribution in [0.4, 0.5) is 0 Å². The van der Waals surface area contributed by atoms with Crippen LogP contribution >= 0.6 is 12.4 Å². The summed E-state index contributed by atoms with van der Waals surface area (Å²) < 4.78 is 3.51. The molecule has 6 nitrogen and oxygen atoms in total. The third-order valence-corrected chi connectivity index (χ3v) is 4.04. The highest BCUT2D eigenvalue weighted by molar-refractivity contribution is 5.85. The number of hydrogen-bond acceptors (Lipinski definition) is 3. The molecule has 0 aliphatic rings. The van der Waals surface area contributed by atoms with Crippen molar-refractivity contribution in [2.75, 3.05) is 27.2 Å². The number of fused-ring (bicyclic) bond motifs is 1. The van der Waals surface area contributed by atoms with Gasteiger partial charge in [-0.25, -0.2) is 4.79 Å².